The van der Waals surface area contributed by atoms with E-state index in [0.717, 1.165) is 30.4 Å². The highest BCUT2D eigenvalue weighted by molar-refractivity contribution is 6.01. The molecule has 8 unspecified atom stereocenters. The van der Waals surface area contributed by atoms with Crippen LogP contribution >= 0.6 is 0 Å². The summed E-state index contributed by atoms with van der Waals surface area (Å²) in [5.74, 6) is 0.998. The van der Waals surface area contributed by atoms with Gasteiger partial charge >= 0.3 is 0 Å². The van der Waals surface area contributed by atoms with Gasteiger partial charge in [0.05, 0.1) is 17.8 Å². The highest BCUT2D eigenvalue weighted by Crippen LogP contribution is 2.71. The summed E-state index contributed by atoms with van der Waals surface area (Å²) in [4.78, 5) is 26.9. The molecule has 0 bridgehead atoms. The van der Waals surface area contributed by atoms with E-state index < -0.39 is 23.2 Å². The lowest BCUT2D eigenvalue weighted by Crippen LogP contribution is -2.59. The van der Waals surface area contributed by atoms with E-state index in [9.17, 15) is 24.9 Å². The molecule has 0 aliphatic heterocycles. The number of rotatable bonds is 5. The Morgan fingerprint density at radius 2 is 1.69 bits per heavy atom. The van der Waals surface area contributed by atoms with Crippen molar-refractivity contribution in [1.82, 2.24) is 0 Å². The Morgan fingerprint density at radius 3 is 2.29 bits per heavy atom. The van der Waals surface area contributed by atoms with Gasteiger partial charge in [0, 0.05) is 29.2 Å². The Bertz CT molecular complexity index is 941. The van der Waals surface area contributed by atoms with Crippen LogP contribution in [0.2, 0.25) is 0 Å². The smallest absolute Gasteiger partial charge is 0.160 e. The predicted octanol–water partition coefficient (Wildman–Crippen LogP) is 5.00. The maximum atomic E-state index is 14.1. The number of Topliss-reactive ketones (excluding diaryl/α,β-unsaturated/α-hetero) is 2. The second-order valence-electron chi connectivity index (χ2n) is 14.4. The molecule has 0 aromatic heterocycles. The van der Waals surface area contributed by atoms with E-state index in [4.69, 9.17) is 0 Å². The van der Waals surface area contributed by atoms with Crippen molar-refractivity contribution < 1.29 is 24.9 Å². The van der Waals surface area contributed by atoms with Crippen LogP contribution in [0, 0.1) is 39.4 Å². The molecule has 4 rings (SSSR count). The molecule has 5 nitrogen and oxygen atoms in total. The van der Waals surface area contributed by atoms with Crippen molar-refractivity contribution in [3.8, 4) is 0 Å². The molecule has 0 radical (unpaired) electrons. The van der Waals surface area contributed by atoms with Crippen LogP contribution in [0.4, 0.5) is 0 Å². The van der Waals surface area contributed by atoms with Crippen molar-refractivity contribution in [3.63, 3.8) is 0 Å². The quantitative estimate of drug-likeness (QED) is 0.506. The number of allylic oxidation sites excluding steroid dienone is 1. The van der Waals surface area contributed by atoms with Crippen molar-refractivity contribution in [2.45, 2.75) is 125 Å². The second-order valence-corrected chi connectivity index (χ2v) is 14.4. The third-order valence-corrected chi connectivity index (χ3v) is 11.7. The molecular formula is C30H48O5. The largest absolute Gasteiger partial charge is 0.390 e. The Labute approximate surface area is 211 Å². The Morgan fingerprint density at radius 1 is 1.06 bits per heavy atom. The Hall–Kier alpha value is -1.04. The van der Waals surface area contributed by atoms with E-state index in [0.29, 0.717) is 43.9 Å². The number of carbonyl (C=O) groups is 2. The Balaban J connectivity index is 1.71. The maximum absolute atomic E-state index is 14.1. The third-order valence-electron chi connectivity index (χ3n) is 11.7. The van der Waals surface area contributed by atoms with E-state index in [1.807, 2.05) is 13.8 Å². The number of fused-ring (bicyclic) bond motifs is 4. The van der Waals surface area contributed by atoms with Crippen LogP contribution in [0.1, 0.15) is 107 Å². The van der Waals surface area contributed by atoms with Gasteiger partial charge in [-0.1, -0.05) is 41.5 Å². The zero-order valence-corrected chi connectivity index (χ0v) is 23.2. The van der Waals surface area contributed by atoms with Gasteiger partial charge in [-0.15, -0.1) is 0 Å². The van der Waals surface area contributed by atoms with Gasteiger partial charge in [0.1, 0.15) is 5.78 Å². The van der Waals surface area contributed by atoms with Gasteiger partial charge in [-0.05, 0) is 86.5 Å². The topological polar surface area (TPSA) is 94.8 Å². The average Bonchev–Trinajstić information content (AvgIpc) is 3.01. The summed E-state index contributed by atoms with van der Waals surface area (Å²) in [5, 5.41) is 32.2. The summed E-state index contributed by atoms with van der Waals surface area (Å²) in [6.45, 7) is 16.2. The van der Waals surface area contributed by atoms with Crippen LogP contribution in [-0.4, -0.2) is 44.7 Å². The number of aliphatic hydroxyl groups is 3. The van der Waals surface area contributed by atoms with Crippen molar-refractivity contribution in [3.05, 3.63) is 11.1 Å². The summed E-state index contributed by atoms with van der Waals surface area (Å²) in [6.07, 6.45) is 4.01. The van der Waals surface area contributed by atoms with Crippen LogP contribution in [0.3, 0.4) is 0 Å². The third kappa shape index (κ3) is 3.74. The fourth-order valence-corrected chi connectivity index (χ4v) is 9.18. The highest BCUT2D eigenvalue weighted by Gasteiger charge is 2.67. The first-order valence-electron chi connectivity index (χ1n) is 13.8. The van der Waals surface area contributed by atoms with Gasteiger partial charge in [0.25, 0.3) is 0 Å². The molecule has 0 amide bonds. The molecule has 4 aliphatic carbocycles. The molecule has 35 heavy (non-hydrogen) atoms. The van der Waals surface area contributed by atoms with Gasteiger partial charge in [-0.25, -0.2) is 0 Å². The van der Waals surface area contributed by atoms with Crippen molar-refractivity contribution in [1.29, 1.82) is 0 Å². The van der Waals surface area contributed by atoms with Crippen molar-refractivity contribution >= 4 is 11.6 Å². The zero-order chi connectivity index (χ0) is 26.4. The molecule has 3 N–H and O–H groups in total. The number of hydrogen-bond donors (Lipinski definition) is 3. The summed E-state index contributed by atoms with van der Waals surface area (Å²) in [5.41, 5.74) is -0.716. The number of hydrogen-bond acceptors (Lipinski definition) is 5. The second kappa shape index (κ2) is 8.23. The van der Waals surface area contributed by atoms with Gasteiger partial charge in [-0.3, -0.25) is 9.59 Å². The molecule has 0 aromatic rings. The van der Waals surface area contributed by atoms with Gasteiger partial charge in [-0.2, -0.15) is 0 Å². The molecule has 8 atom stereocenters. The highest BCUT2D eigenvalue weighted by atomic mass is 16.3. The molecule has 2 fully saturated rings. The normalized spacial score (nSPS) is 42.9. The molecular weight excluding hydrogens is 440 g/mol. The summed E-state index contributed by atoms with van der Waals surface area (Å²) >= 11 is 0. The average molecular weight is 489 g/mol. The molecule has 0 aromatic carbocycles. The van der Waals surface area contributed by atoms with Crippen molar-refractivity contribution in [2.24, 2.45) is 39.4 Å². The van der Waals surface area contributed by atoms with Crippen LogP contribution in [-0.2, 0) is 9.59 Å². The lowest BCUT2D eigenvalue weighted by molar-refractivity contribution is -0.145. The summed E-state index contributed by atoms with van der Waals surface area (Å²) < 4.78 is 0. The SMILES string of the molecule is CC(CCC(O)C(C)(C)O)C1CCC2(C)C3=C(C(=O)CC12C)C1(C)CCC(=O)C(C)(C)C1CC3O. The molecule has 198 valence electrons. The van der Waals surface area contributed by atoms with E-state index >= 15 is 0 Å². The van der Waals surface area contributed by atoms with E-state index in [1.165, 1.54) is 0 Å². The minimum absolute atomic E-state index is 0.0265. The van der Waals surface area contributed by atoms with Crippen LogP contribution < -0.4 is 0 Å². The first-order chi connectivity index (χ1) is 15.9. The minimum atomic E-state index is -1.12. The molecule has 4 aliphatic rings. The maximum Gasteiger partial charge on any atom is 0.160 e. The van der Waals surface area contributed by atoms with E-state index in [1.54, 1.807) is 13.8 Å². The minimum Gasteiger partial charge on any atom is -0.390 e. The molecule has 0 heterocycles. The fraction of sp³-hybridized carbons (Fsp3) is 0.867. The summed E-state index contributed by atoms with van der Waals surface area (Å²) in [6, 6.07) is 0. The number of ketones is 2. The van der Waals surface area contributed by atoms with Gasteiger partial charge in [0.15, 0.2) is 5.78 Å². The number of aliphatic hydroxyl groups excluding tert-OH is 2. The van der Waals surface area contributed by atoms with Crippen molar-refractivity contribution in [2.75, 3.05) is 0 Å². The van der Waals surface area contributed by atoms with Gasteiger partial charge in [0.2, 0.25) is 0 Å². The van der Waals surface area contributed by atoms with E-state index in [-0.39, 0.29) is 33.7 Å². The Kier molecular flexibility index (Phi) is 6.35. The lowest BCUT2D eigenvalue weighted by Gasteiger charge is -2.61. The molecule has 0 saturated heterocycles. The summed E-state index contributed by atoms with van der Waals surface area (Å²) in [7, 11) is 0. The number of carbonyl (C=O) groups excluding carboxylic acids is 2. The lowest BCUT2D eigenvalue weighted by atomic mass is 9.42. The molecule has 5 heteroatoms. The molecule has 0 spiro atoms. The van der Waals surface area contributed by atoms with Gasteiger partial charge < -0.3 is 15.3 Å². The first kappa shape index (κ1) is 27.0. The van der Waals surface area contributed by atoms with Crippen LogP contribution in [0.15, 0.2) is 11.1 Å². The monoisotopic (exact) mass is 488 g/mol. The predicted molar refractivity (Wildman–Crippen MR) is 137 cm³/mol. The van der Waals surface area contributed by atoms with Crippen LogP contribution in [0.5, 0.6) is 0 Å². The van der Waals surface area contributed by atoms with Crippen LogP contribution in [0.25, 0.3) is 0 Å². The molecule has 2 saturated carbocycles. The fourth-order valence-electron chi connectivity index (χ4n) is 9.18. The standard InChI is InChI=1S/C30H48O5/c1-17(9-10-23(34)27(4,5)35)18-11-14-29(7)25-19(31)15-21-26(2,3)22(33)12-13-28(21,6)24(25)20(32)16-30(18,29)8/h17-19,21,23,31,34-35H,9-16H2,1-8H3. The zero-order valence-electron chi connectivity index (χ0n) is 23.2. The first-order valence-corrected chi connectivity index (χ1v) is 13.8. The van der Waals surface area contributed by atoms with E-state index in [2.05, 4.69) is 27.7 Å².